The van der Waals surface area contributed by atoms with E-state index < -0.39 is 0 Å². The molecule has 4 rings (SSSR count). The number of phenolic OH excluding ortho intramolecular Hbond substituents is 3. The molecule has 156 valence electrons. The van der Waals surface area contributed by atoms with E-state index in [1.54, 1.807) is 0 Å². The molecule has 0 aromatic heterocycles. The summed E-state index contributed by atoms with van der Waals surface area (Å²) in [7, 11) is 0. The van der Waals surface area contributed by atoms with Gasteiger partial charge in [-0.15, -0.1) is 0 Å². The fourth-order valence-corrected chi connectivity index (χ4v) is 4.92. The van der Waals surface area contributed by atoms with Crippen molar-refractivity contribution < 1.29 is 15.3 Å². The summed E-state index contributed by atoms with van der Waals surface area (Å²) in [5.41, 5.74) is 8.75. The highest BCUT2D eigenvalue weighted by molar-refractivity contribution is 7.79. The predicted octanol–water partition coefficient (Wildman–Crippen LogP) is 5.18. The third-order valence-corrected chi connectivity index (χ3v) is 6.88. The predicted molar refractivity (Wildman–Crippen MR) is 131 cm³/mol. The molecule has 0 saturated carbocycles. The van der Waals surface area contributed by atoms with E-state index in [4.69, 9.17) is 0 Å². The molecule has 0 fully saturated rings. The lowest BCUT2D eigenvalue weighted by Crippen LogP contribution is -2.00. The molecule has 0 amide bonds. The number of hydrogen-bond donors (Lipinski definition) is 6. The minimum Gasteiger partial charge on any atom is -0.508 e. The summed E-state index contributed by atoms with van der Waals surface area (Å²) in [6.07, 6.45) is 1.93. The van der Waals surface area contributed by atoms with Crippen molar-refractivity contribution in [2.45, 2.75) is 36.5 Å². The molecule has 0 spiro atoms. The van der Waals surface area contributed by atoms with E-state index in [0.717, 1.165) is 50.1 Å². The molecule has 0 aliphatic heterocycles. The third-order valence-electron chi connectivity index (χ3n) is 5.86. The molecule has 3 aromatic rings. The van der Waals surface area contributed by atoms with Crippen LogP contribution in [0.4, 0.5) is 0 Å². The van der Waals surface area contributed by atoms with E-state index in [-0.39, 0.29) is 17.2 Å². The van der Waals surface area contributed by atoms with Crippen molar-refractivity contribution in [1.82, 2.24) is 0 Å². The van der Waals surface area contributed by atoms with Crippen molar-refractivity contribution in [3.05, 3.63) is 86.5 Å². The van der Waals surface area contributed by atoms with Crippen molar-refractivity contribution in [3.8, 4) is 17.2 Å². The molecule has 3 N–H and O–H groups in total. The molecule has 0 saturated heterocycles. The van der Waals surface area contributed by atoms with E-state index in [1.807, 2.05) is 36.4 Å². The lowest BCUT2D eigenvalue weighted by atomic mass is 9.92. The Morgan fingerprint density at radius 2 is 0.700 bits per heavy atom. The standard InChI is InChI=1S/C24H24O3S3/c25-22-7-16-1-13-4-19(10-28)23(26)8-17(13)3-15-6-21(12-30)24(27)9-18(15)2-14(16)5-20(22)11-29/h4-9,25-30H,1-3,10-12H2. The fraction of sp³-hybridized carbons (Fsp3) is 0.250. The van der Waals surface area contributed by atoms with Crippen LogP contribution < -0.4 is 0 Å². The van der Waals surface area contributed by atoms with Crippen LogP contribution in [0.2, 0.25) is 0 Å². The van der Waals surface area contributed by atoms with Crippen molar-refractivity contribution in [3.63, 3.8) is 0 Å². The summed E-state index contributed by atoms with van der Waals surface area (Å²) < 4.78 is 0. The van der Waals surface area contributed by atoms with Gasteiger partial charge in [0.15, 0.2) is 0 Å². The van der Waals surface area contributed by atoms with Crippen molar-refractivity contribution in [2.24, 2.45) is 0 Å². The zero-order chi connectivity index (χ0) is 21.4. The molecule has 0 heterocycles. The minimum absolute atomic E-state index is 0.242. The first-order chi connectivity index (χ1) is 14.4. The molecule has 0 unspecified atom stereocenters. The number of aromatic hydroxyl groups is 3. The van der Waals surface area contributed by atoms with Crippen LogP contribution in [-0.2, 0) is 36.5 Å². The average Bonchev–Trinajstić information content (AvgIpc) is 2.78. The number of thiol groups is 3. The van der Waals surface area contributed by atoms with Gasteiger partial charge in [0, 0.05) is 33.9 Å². The molecule has 0 bridgehead atoms. The Balaban J connectivity index is 1.98. The lowest BCUT2D eigenvalue weighted by Gasteiger charge is -2.15. The van der Waals surface area contributed by atoms with E-state index >= 15 is 0 Å². The zero-order valence-electron chi connectivity index (χ0n) is 16.4. The smallest absolute Gasteiger partial charge is 0.119 e. The summed E-state index contributed by atoms with van der Waals surface area (Å²) in [6.45, 7) is 0. The summed E-state index contributed by atoms with van der Waals surface area (Å²) in [6, 6.07) is 11.5. The Hall–Kier alpha value is -1.89. The molecule has 3 nitrogen and oxygen atoms in total. The van der Waals surface area contributed by atoms with Gasteiger partial charge >= 0.3 is 0 Å². The largest absolute Gasteiger partial charge is 0.508 e. The van der Waals surface area contributed by atoms with E-state index in [1.165, 1.54) is 0 Å². The normalized spacial score (nSPS) is 12.9. The second-order valence-corrected chi connectivity index (χ2v) is 8.70. The lowest BCUT2D eigenvalue weighted by molar-refractivity contribution is 0.468. The second-order valence-electron chi connectivity index (χ2n) is 7.75. The molecule has 0 atom stereocenters. The van der Waals surface area contributed by atoms with Crippen LogP contribution in [-0.4, -0.2) is 15.3 Å². The average molecular weight is 457 g/mol. The minimum atomic E-state index is 0.242. The quantitative estimate of drug-likeness (QED) is 0.241. The molecule has 0 radical (unpaired) electrons. The fourth-order valence-electron chi connectivity index (χ4n) is 4.16. The Morgan fingerprint density at radius 3 is 0.933 bits per heavy atom. The van der Waals surface area contributed by atoms with Crippen LogP contribution >= 0.6 is 37.9 Å². The number of hydrogen-bond acceptors (Lipinski definition) is 6. The molecule has 1 aliphatic rings. The van der Waals surface area contributed by atoms with Crippen LogP contribution in [0.15, 0.2) is 36.4 Å². The summed E-state index contributed by atoms with van der Waals surface area (Å²) in [4.78, 5) is 0. The maximum absolute atomic E-state index is 10.4. The zero-order valence-corrected chi connectivity index (χ0v) is 19.1. The van der Waals surface area contributed by atoms with Gasteiger partial charge in [-0.3, -0.25) is 0 Å². The van der Waals surface area contributed by atoms with Gasteiger partial charge in [-0.05, 0) is 70.8 Å². The Kier molecular flexibility index (Phi) is 6.19. The highest BCUT2D eigenvalue weighted by Crippen LogP contribution is 2.36. The first-order valence-electron chi connectivity index (χ1n) is 9.77. The van der Waals surface area contributed by atoms with Crippen LogP contribution in [0.5, 0.6) is 17.2 Å². The Bertz CT molecular complexity index is 984. The highest BCUT2D eigenvalue weighted by atomic mass is 32.1. The Morgan fingerprint density at radius 1 is 0.467 bits per heavy atom. The number of phenols is 3. The molecular formula is C24H24O3S3. The monoisotopic (exact) mass is 456 g/mol. The van der Waals surface area contributed by atoms with Crippen molar-refractivity contribution in [2.75, 3.05) is 0 Å². The Labute approximate surface area is 193 Å². The van der Waals surface area contributed by atoms with Gasteiger partial charge in [-0.25, -0.2) is 0 Å². The van der Waals surface area contributed by atoms with Crippen molar-refractivity contribution >= 4 is 37.9 Å². The van der Waals surface area contributed by atoms with Crippen molar-refractivity contribution in [1.29, 1.82) is 0 Å². The second kappa shape index (κ2) is 8.69. The molecule has 6 heteroatoms. The summed E-state index contributed by atoms with van der Waals surface area (Å²) in [5, 5.41) is 31.3. The molecule has 3 aromatic carbocycles. The summed E-state index contributed by atoms with van der Waals surface area (Å²) >= 11 is 13.1. The van der Waals surface area contributed by atoms with Gasteiger partial charge in [-0.2, -0.15) is 37.9 Å². The van der Waals surface area contributed by atoms with E-state index in [2.05, 4.69) is 37.9 Å². The van der Waals surface area contributed by atoms with Crippen LogP contribution in [0, 0.1) is 0 Å². The number of fused-ring (bicyclic) bond motifs is 3. The third kappa shape index (κ3) is 4.01. The van der Waals surface area contributed by atoms with Gasteiger partial charge in [0.1, 0.15) is 17.2 Å². The van der Waals surface area contributed by atoms with Gasteiger partial charge in [0.2, 0.25) is 0 Å². The molecular weight excluding hydrogens is 432 g/mol. The van der Waals surface area contributed by atoms with Gasteiger partial charge in [-0.1, -0.05) is 18.2 Å². The number of benzene rings is 3. The van der Waals surface area contributed by atoms with Crippen LogP contribution in [0.3, 0.4) is 0 Å². The van der Waals surface area contributed by atoms with E-state index in [0.29, 0.717) is 36.5 Å². The highest BCUT2D eigenvalue weighted by Gasteiger charge is 2.20. The molecule has 30 heavy (non-hydrogen) atoms. The SMILES string of the molecule is Oc1cc2c(cc1CS)Cc1cc(O)c(CS)cc1Cc1cc(O)c(CS)cc1C2. The maximum Gasteiger partial charge on any atom is 0.119 e. The maximum atomic E-state index is 10.4. The first-order valence-corrected chi connectivity index (χ1v) is 11.7. The van der Waals surface area contributed by atoms with Crippen LogP contribution in [0.1, 0.15) is 50.1 Å². The van der Waals surface area contributed by atoms with E-state index in [9.17, 15) is 15.3 Å². The van der Waals surface area contributed by atoms with Gasteiger partial charge < -0.3 is 15.3 Å². The number of rotatable bonds is 3. The van der Waals surface area contributed by atoms with Gasteiger partial charge in [0.05, 0.1) is 0 Å². The van der Waals surface area contributed by atoms with Gasteiger partial charge in [0.25, 0.3) is 0 Å². The topological polar surface area (TPSA) is 60.7 Å². The van der Waals surface area contributed by atoms with Crippen LogP contribution in [0.25, 0.3) is 0 Å². The first kappa shape index (κ1) is 21.3. The molecule has 1 aliphatic carbocycles. The summed E-state index contributed by atoms with van der Waals surface area (Å²) in [5.74, 6) is 2.07.